The Labute approximate surface area is 171 Å². The van der Waals surface area contributed by atoms with Crippen LogP contribution in [0.3, 0.4) is 0 Å². The number of methoxy groups -OCH3 is 1. The molecule has 0 bridgehead atoms. The van der Waals surface area contributed by atoms with Crippen LogP contribution in [0.15, 0.2) is 42.6 Å². The van der Waals surface area contributed by atoms with Crippen molar-refractivity contribution in [2.45, 2.75) is 26.4 Å². The van der Waals surface area contributed by atoms with Crippen LogP contribution in [0, 0.1) is 15.9 Å². The third-order valence-corrected chi connectivity index (χ3v) is 3.99. The molecule has 0 radical (unpaired) electrons. The molecule has 9 heteroatoms. The van der Waals surface area contributed by atoms with Crippen LogP contribution in [0.25, 0.3) is 10.9 Å². The number of carbonyl (C=O) groups is 1. The monoisotopic (exact) mass is 414 g/mol. The van der Waals surface area contributed by atoms with Gasteiger partial charge in [-0.05, 0) is 39.0 Å². The van der Waals surface area contributed by atoms with E-state index < -0.39 is 28.0 Å². The van der Waals surface area contributed by atoms with E-state index in [0.29, 0.717) is 10.9 Å². The summed E-state index contributed by atoms with van der Waals surface area (Å²) in [5.74, 6) is -1.22. The Hall–Kier alpha value is -3.75. The minimum absolute atomic E-state index is 0.155. The lowest BCUT2D eigenvalue weighted by atomic mass is 10.1. The van der Waals surface area contributed by atoms with E-state index >= 15 is 0 Å². The second-order valence-electron chi connectivity index (χ2n) is 7.35. The number of carbonyl (C=O) groups excluding carboxylic acids is 1. The quantitative estimate of drug-likeness (QED) is 0.327. The lowest BCUT2D eigenvalue weighted by Gasteiger charge is -2.20. The molecule has 0 amide bonds. The van der Waals surface area contributed by atoms with Gasteiger partial charge < -0.3 is 14.2 Å². The summed E-state index contributed by atoms with van der Waals surface area (Å²) in [5, 5.41) is 11.2. The van der Waals surface area contributed by atoms with Gasteiger partial charge in [0.15, 0.2) is 11.6 Å². The molecule has 0 aliphatic rings. The van der Waals surface area contributed by atoms with Crippen molar-refractivity contribution in [3.8, 4) is 17.2 Å². The predicted molar refractivity (Wildman–Crippen MR) is 107 cm³/mol. The van der Waals surface area contributed by atoms with E-state index in [1.54, 1.807) is 26.8 Å². The number of non-ortho nitro benzene ring substituents is 1. The Kier molecular flexibility index (Phi) is 5.55. The van der Waals surface area contributed by atoms with Gasteiger partial charge in [-0.3, -0.25) is 15.1 Å². The number of ether oxygens (including phenoxy) is 3. The number of pyridine rings is 1. The van der Waals surface area contributed by atoms with Crippen LogP contribution in [-0.4, -0.2) is 28.6 Å². The number of nitro groups is 1. The van der Waals surface area contributed by atoms with E-state index in [1.165, 1.54) is 25.4 Å². The molecular formula is C21H19FN2O6. The zero-order valence-corrected chi connectivity index (χ0v) is 16.8. The van der Waals surface area contributed by atoms with E-state index in [2.05, 4.69) is 4.98 Å². The molecule has 0 saturated carbocycles. The summed E-state index contributed by atoms with van der Waals surface area (Å²) in [6.45, 7) is 5.23. The molecule has 0 aliphatic heterocycles. The van der Waals surface area contributed by atoms with Crippen LogP contribution < -0.4 is 9.47 Å². The summed E-state index contributed by atoms with van der Waals surface area (Å²) in [4.78, 5) is 26.9. The van der Waals surface area contributed by atoms with Gasteiger partial charge in [0, 0.05) is 23.7 Å². The summed E-state index contributed by atoms with van der Waals surface area (Å²) in [7, 11) is 1.42. The average Bonchev–Trinajstić information content (AvgIpc) is 2.67. The first-order valence-electron chi connectivity index (χ1n) is 8.91. The van der Waals surface area contributed by atoms with E-state index in [-0.39, 0.29) is 22.8 Å². The number of hydrogen-bond acceptors (Lipinski definition) is 7. The lowest BCUT2D eigenvalue weighted by molar-refractivity contribution is -0.385. The molecule has 0 atom stereocenters. The highest BCUT2D eigenvalue weighted by atomic mass is 19.1. The van der Waals surface area contributed by atoms with Crippen molar-refractivity contribution in [2.24, 2.45) is 0 Å². The second-order valence-corrected chi connectivity index (χ2v) is 7.35. The SMILES string of the molecule is COc1cc2nccc(Oc3ccc([N+](=O)[O-])cc3F)c2cc1C(=O)OC(C)(C)C. The van der Waals surface area contributed by atoms with Crippen LogP contribution in [-0.2, 0) is 4.74 Å². The van der Waals surface area contributed by atoms with E-state index in [9.17, 15) is 19.3 Å². The van der Waals surface area contributed by atoms with Crippen LogP contribution in [0.5, 0.6) is 17.2 Å². The Bertz CT molecular complexity index is 1140. The van der Waals surface area contributed by atoms with Gasteiger partial charge in [-0.2, -0.15) is 0 Å². The molecule has 0 fully saturated rings. The van der Waals surface area contributed by atoms with Gasteiger partial charge in [0.25, 0.3) is 5.69 Å². The van der Waals surface area contributed by atoms with Crippen molar-refractivity contribution in [3.05, 3.63) is 64.1 Å². The zero-order valence-electron chi connectivity index (χ0n) is 16.8. The third-order valence-electron chi connectivity index (χ3n) is 3.99. The van der Waals surface area contributed by atoms with Crippen molar-refractivity contribution < 1.29 is 28.3 Å². The van der Waals surface area contributed by atoms with Crippen molar-refractivity contribution in [1.29, 1.82) is 0 Å². The number of nitrogens with zero attached hydrogens (tertiary/aromatic N) is 2. The smallest absolute Gasteiger partial charge is 0.342 e. The molecule has 0 saturated heterocycles. The highest BCUT2D eigenvalue weighted by Gasteiger charge is 2.23. The first kappa shape index (κ1) is 21.0. The lowest BCUT2D eigenvalue weighted by Crippen LogP contribution is -2.24. The molecular weight excluding hydrogens is 395 g/mol. The largest absolute Gasteiger partial charge is 0.496 e. The van der Waals surface area contributed by atoms with Gasteiger partial charge in [-0.25, -0.2) is 9.18 Å². The number of halogens is 1. The number of nitro benzene ring substituents is 1. The standard InChI is InChI=1S/C21H19FN2O6/c1-21(2,3)30-20(25)14-10-13-16(11-19(14)28-4)23-8-7-17(13)29-18-6-5-12(24(26)27)9-15(18)22/h5-11H,1-4H3. The number of aromatic nitrogens is 1. The Morgan fingerprint density at radius 1 is 1.10 bits per heavy atom. The van der Waals surface area contributed by atoms with Crippen molar-refractivity contribution in [2.75, 3.05) is 7.11 Å². The molecule has 156 valence electrons. The Morgan fingerprint density at radius 3 is 2.43 bits per heavy atom. The summed E-state index contributed by atoms with van der Waals surface area (Å²) < 4.78 is 30.6. The molecule has 0 aliphatic carbocycles. The maximum Gasteiger partial charge on any atom is 0.342 e. The maximum atomic E-state index is 14.3. The highest BCUT2D eigenvalue weighted by Crippen LogP contribution is 2.35. The average molecular weight is 414 g/mol. The minimum atomic E-state index is -0.893. The molecule has 1 heterocycles. The van der Waals surface area contributed by atoms with Crippen molar-refractivity contribution >= 4 is 22.6 Å². The Balaban J connectivity index is 2.07. The zero-order chi connectivity index (χ0) is 22.1. The van der Waals surface area contributed by atoms with Crippen LogP contribution in [0.4, 0.5) is 10.1 Å². The number of esters is 1. The maximum absolute atomic E-state index is 14.3. The summed E-state index contributed by atoms with van der Waals surface area (Å²) in [5.41, 5.74) is -0.509. The molecule has 2 aromatic carbocycles. The number of hydrogen-bond donors (Lipinski definition) is 0. The molecule has 0 unspecified atom stereocenters. The summed E-state index contributed by atoms with van der Waals surface area (Å²) in [6, 6.07) is 7.61. The molecule has 3 rings (SSSR count). The Morgan fingerprint density at radius 2 is 1.83 bits per heavy atom. The minimum Gasteiger partial charge on any atom is -0.496 e. The summed E-state index contributed by atoms with van der Waals surface area (Å²) >= 11 is 0. The van der Waals surface area contributed by atoms with Crippen molar-refractivity contribution in [3.63, 3.8) is 0 Å². The first-order valence-corrected chi connectivity index (χ1v) is 8.91. The van der Waals surface area contributed by atoms with Gasteiger partial charge in [-0.1, -0.05) is 0 Å². The molecule has 0 N–H and O–H groups in total. The van der Waals surface area contributed by atoms with Gasteiger partial charge in [-0.15, -0.1) is 0 Å². The van der Waals surface area contributed by atoms with Crippen LogP contribution in [0.2, 0.25) is 0 Å². The topological polar surface area (TPSA) is 101 Å². The van der Waals surface area contributed by atoms with Gasteiger partial charge in [0.05, 0.1) is 23.6 Å². The third kappa shape index (κ3) is 4.45. The van der Waals surface area contributed by atoms with Crippen molar-refractivity contribution in [1.82, 2.24) is 4.98 Å². The highest BCUT2D eigenvalue weighted by molar-refractivity contribution is 5.99. The van der Waals surface area contributed by atoms with E-state index in [4.69, 9.17) is 14.2 Å². The fourth-order valence-electron chi connectivity index (χ4n) is 2.70. The predicted octanol–water partition coefficient (Wildman–Crippen LogP) is 5.04. The van der Waals surface area contributed by atoms with Gasteiger partial charge >= 0.3 is 5.97 Å². The number of rotatable bonds is 5. The number of fused-ring (bicyclic) bond motifs is 1. The van der Waals surface area contributed by atoms with Crippen LogP contribution in [0.1, 0.15) is 31.1 Å². The van der Waals surface area contributed by atoms with E-state index in [1.807, 2.05) is 0 Å². The molecule has 1 aromatic heterocycles. The summed E-state index contributed by atoms with van der Waals surface area (Å²) in [6.07, 6.45) is 1.45. The first-order chi connectivity index (χ1) is 14.1. The van der Waals surface area contributed by atoms with E-state index in [0.717, 1.165) is 18.2 Å². The second kappa shape index (κ2) is 7.94. The van der Waals surface area contributed by atoms with Crippen LogP contribution >= 0.6 is 0 Å². The fourth-order valence-corrected chi connectivity index (χ4v) is 2.70. The van der Waals surface area contributed by atoms with Gasteiger partial charge in [0.2, 0.25) is 0 Å². The molecule has 8 nitrogen and oxygen atoms in total. The fraction of sp³-hybridized carbons (Fsp3) is 0.238. The van der Waals surface area contributed by atoms with Gasteiger partial charge in [0.1, 0.15) is 22.7 Å². The molecule has 3 aromatic rings. The normalized spacial score (nSPS) is 11.2. The molecule has 30 heavy (non-hydrogen) atoms. The number of benzene rings is 2. The molecule has 0 spiro atoms.